The smallest absolute Gasteiger partial charge is 0.349 e. The van der Waals surface area contributed by atoms with Gasteiger partial charge < -0.3 is 11.1 Å². The van der Waals surface area contributed by atoms with Crippen molar-refractivity contribution in [3.05, 3.63) is 22.4 Å². The highest BCUT2D eigenvalue weighted by molar-refractivity contribution is 5.49. The van der Waals surface area contributed by atoms with Crippen molar-refractivity contribution in [2.75, 3.05) is 11.9 Å². The fraction of sp³-hybridized carbons (Fsp3) is 0.444. The Balaban J connectivity index is 2.39. The average molecular weight is 222 g/mol. The van der Waals surface area contributed by atoms with Crippen LogP contribution in [0.2, 0.25) is 0 Å². The minimum Gasteiger partial charge on any atom is -0.368 e. The van der Waals surface area contributed by atoms with E-state index in [0.717, 1.165) is 0 Å². The van der Waals surface area contributed by atoms with Gasteiger partial charge in [0, 0.05) is 18.7 Å². The third kappa shape index (κ3) is 1.89. The molecule has 0 saturated carbocycles. The predicted octanol–water partition coefficient (Wildman–Crippen LogP) is -0.515. The van der Waals surface area contributed by atoms with E-state index in [0.29, 0.717) is 23.8 Å². The number of aromatic amines is 1. The molecule has 0 fully saturated rings. The van der Waals surface area contributed by atoms with Crippen LogP contribution in [0.5, 0.6) is 0 Å². The number of hydrogen-bond acceptors (Lipinski definition) is 5. The van der Waals surface area contributed by atoms with Gasteiger partial charge in [-0.3, -0.25) is 0 Å². The number of nitrogens with zero attached hydrogens (tertiary/aromatic N) is 3. The van der Waals surface area contributed by atoms with Gasteiger partial charge in [0.2, 0.25) is 0 Å². The van der Waals surface area contributed by atoms with E-state index in [-0.39, 0.29) is 11.7 Å². The fourth-order valence-corrected chi connectivity index (χ4v) is 1.45. The quantitative estimate of drug-likeness (QED) is 0.649. The second-order valence-electron chi connectivity index (χ2n) is 3.77. The van der Waals surface area contributed by atoms with Gasteiger partial charge in [-0.25, -0.2) is 19.3 Å². The average Bonchev–Trinajstić information content (AvgIpc) is 2.58. The molecule has 0 aliphatic carbocycles. The lowest BCUT2D eigenvalue weighted by Crippen LogP contribution is -2.25. The van der Waals surface area contributed by atoms with Crippen LogP contribution in [0, 0.1) is 6.92 Å². The first-order valence-electron chi connectivity index (χ1n) is 5.02. The van der Waals surface area contributed by atoms with E-state index < -0.39 is 0 Å². The Labute approximate surface area is 91.7 Å². The summed E-state index contributed by atoms with van der Waals surface area (Å²) in [5, 5.41) is 9.34. The monoisotopic (exact) mass is 222 g/mol. The molecule has 0 saturated heterocycles. The lowest BCUT2D eigenvalue weighted by molar-refractivity contribution is 0.775. The molecule has 1 atom stereocenters. The van der Waals surface area contributed by atoms with Crippen LogP contribution < -0.4 is 16.7 Å². The second-order valence-corrected chi connectivity index (χ2v) is 3.77. The van der Waals surface area contributed by atoms with Crippen LogP contribution >= 0.6 is 0 Å². The number of nitrogens with two attached hydrogens (primary N) is 1. The van der Waals surface area contributed by atoms with Crippen molar-refractivity contribution in [2.24, 2.45) is 5.73 Å². The molecule has 0 radical (unpaired) electrons. The Bertz CT molecular complexity index is 555. The van der Waals surface area contributed by atoms with Crippen LogP contribution in [0.4, 0.5) is 5.82 Å². The Morgan fingerprint density at radius 3 is 3.12 bits per heavy atom. The first-order valence-corrected chi connectivity index (χ1v) is 5.02. The number of rotatable bonds is 3. The second kappa shape index (κ2) is 3.93. The Morgan fingerprint density at radius 2 is 2.44 bits per heavy atom. The van der Waals surface area contributed by atoms with Gasteiger partial charge in [-0.1, -0.05) is 0 Å². The zero-order chi connectivity index (χ0) is 11.7. The van der Waals surface area contributed by atoms with Crippen molar-refractivity contribution < 1.29 is 0 Å². The van der Waals surface area contributed by atoms with Gasteiger partial charge in [-0.2, -0.15) is 5.10 Å². The predicted molar refractivity (Wildman–Crippen MR) is 60.5 cm³/mol. The summed E-state index contributed by atoms with van der Waals surface area (Å²) in [5.74, 6) is 1.25. The van der Waals surface area contributed by atoms with Gasteiger partial charge in [0.25, 0.3) is 0 Å². The molecular weight excluding hydrogens is 208 g/mol. The molecule has 16 heavy (non-hydrogen) atoms. The highest BCUT2D eigenvalue weighted by Gasteiger charge is 2.06. The molecule has 0 spiro atoms. The van der Waals surface area contributed by atoms with Crippen molar-refractivity contribution in [1.82, 2.24) is 19.6 Å². The third-order valence-electron chi connectivity index (χ3n) is 2.18. The molecule has 0 amide bonds. The van der Waals surface area contributed by atoms with Crippen molar-refractivity contribution in [1.29, 1.82) is 0 Å². The van der Waals surface area contributed by atoms with Gasteiger partial charge >= 0.3 is 5.69 Å². The molecule has 2 rings (SSSR count). The molecule has 2 heterocycles. The van der Waals surface area contributed by atoms with E-state index in [4.69, 9.17) is 5.73 Å². The van der Waals surface area contributed by atoms with Crippen molar-refractivity contribution in [2.45, 2.75) is 19.9 Å². The van der Waals surface area contributed by atoms with E-state index in [1.165, 1.54) is 4.40 Å². The molecule has 7 nitrogen and oxygen atoms in total. The molecule has 2 aromatic heterocycles. The first kappa shape index (κ1) is 10.6. The largest absolute Gasteiger partial charge is 0.368 e. The number of hydrogen-bond donors (Lipinski definition) is 3. The minimum atomic E-state index is -0.279. The van der Waals surface area contributed by atoms with E-state index >= 15 is 0 Å². The van der Waals surface area contributed by atoms with E-state index in [2.05, 4.69) is 20.5 Å². The van der Waals surface area contributed by atoms with Gasteiger partial charge in [-0.05, 0) is 13.8 Å². The topological polar surface area (TPSA) is 101 Å². The molecule has 2 aromatic rings. The summed E-state index contributed by atoms with van der Waals surface area (Å²) in [6, 6.07) is 1.74. The molecule has 0 aliphatic rings. The fourth-order valence-electron chi connectivity index (χ4n) is 1.45. The van der Waals surface area contributed by atoms with Crippen molar-refractivity contribution >= 4 is 11.5 Å². The standard InChI is InChI=1S/C9H14N6O/c1-5(10)4-11-7-3-8-13-14-9(16)15(8)6(2)12-7/h3,5,11H,4,10H2,1-2H3,(H,14,16). The number of H-pyrrole nitrogens is 1. The molecular formula is C9H14N6O. The van der Waals surface area contributed by atoms with Crippen molar-refractivity contribution in [3.8, 4) is 0 Å². The SMILES string of the molecule is Cc1nc(NCC(C)N)cc2n[nH]c(=O)n12. The van der Waals surface area contributed by atoms with Crippen LogP contribution in [0.15, 0.2) is 10.9 Å². The number of nitrogens with one attached hydrogen (secondary N) is 2. The lowest BCUT2D eigenvalue weighted by atomic mass is 10.3. The third-order valence-corrected chi connectivity index (χ3v) is 2.18. The highest BCUT2D eigenvalue weighted by atomic mass is 16.1. The van der Waals surface area contributed by atoms with E-state index in [1.54, 1.807) is 13.0 Å². The van der Waals surface area contributed by atoms with Crippen LogP contribution in [-0.4, -0.2) is 32.2 Å². The number of aromatic nitrogens is 4. The van der Waals surface area contributed by atoms with E-state index in [1.807, 2.05) is 6.92 Å². The maximum Gasteiger partial charge on any atom is 0.349 e. The van der Waals surface area contributed by atoms with Gasteiger partial charge in [0.15, 0.2) is 5.65 Å². The lowest BCUT2D eigenvalue weighted by Gasteiger charge is -2.08. The normalized spacial score (nSPS) is 12.9. The number of fused-ring (bicyclic) bond motifs is 1. The molecule has 7 heteroatoms. The molecule has 0 aromatic carbocycles. The summed E-state index contributed by atoms with van der Waals surface area (Å²) < 4.78 is 1.41. The Hall–Kier alpha value is -1.89. The molecule has 0 aliphatic heterocycles. The Morgan fingerprint density at radius 1 is 1.69 bits per heavy atom. The molecule has 0 bridgehead atoms. The van der Waals surface area contributed by atoms with Gasteiger partial charge in [0.1, 0.15) is 11.6 Å². The first-order chi connectivity index (χ1) is 7.58. The summed E-state index contributed by atoms with van der Waals surface area (Å²) in [4.78, 5) is 15.6. The van der Waals surface area contributed by atoms with Gasteiger partial charge in [-0.15, -0.1) is 0 Å². The molecule has 4 N–H and O–H groups in total. The van der Waals surface area contributed by atoms with Crippen molar-refractivity contribution in [3.63, 3.8) is 0 Å². The maximum absolute atomic E-state index is 11.3. The number of aryl methyl sites for hydroxylation is 1. The zero-order valence-corrected chi connectivity index (χ0v) is 9.19. The van der Waals surface area contributed by atoms with Crippen LogP contribution in [0.3, 0.4) is 0 Å². The zero-order valence-electron chi connectivity index (χ0n) is 9.19. The van der Waals surface area contributed by atoms with Crippen LogP contribution in [-0.2, 0) is 0 Å². The summed E-state index contributed by atoms with van der Waals surface area (Å²) in [6.45, 7) is 4.27. The number of anilines is 1. The van der Waals surface area contributed by atoms with Gasteiger partial charge in [0.05, 0.1) is 0 Å². The summed E-state index contributed by atoms with van der Waals surface area (Å²) in [7, 11) is 0. The summed E-state index contributed by atoms with van der Waals surface area (Å²) >= 11 is 0. The molecule has 86 valence electrons. The molecule has 1 unspecified atom stereocenters. The van der Waals surface area contributed by atoms with E-state index in [9.17, 15) is 4.79 Å². The maximum atomic E-state index is 11.3. The highest BCUT2D eigenvalue weighted by Crippen LogP contribution is 2.07. The summed E-state index contributed by atoms with van der Waals surface area (Å²) in [6.07, 6.45) is 0. The Kier molecular flexibility index (Phi) is 2.61. The van der Waals surface area contributed by atoms with Crippen LogP contribution in [0.1, 0.15) is 12.7 Å². The summed E-state index contributed by atoms with van der Waals surface area (Å²) in [5.41, 5.74) is 5.89. The minimum absolute atomic E-state index is 0.0414. The van der Waals surface area contributed by atoms with Crippen LogP contribution in [0.25, 0.3) is 5.65 Å².